The van der Waals surface area contributed by atoms with Gasteiger partial charge >= 0.3 is 0 Å². The van der Waals surface area contributed by atoms with E-state index in [1.165, 1.54) is 5.56 Å². The molecule has 0 amide bonds. The summed E-state index contributed by atoms with van der Waals surface area (Å²) in [6.45, 7) is 0. The van der Waals surface area contributed by atoms with E-state index in [4.69, 9.17) is 0 Å². The monoisotopic (exact) mass is 212 g/mol. The Balaban J connectivity index is 2.74. The van der Waals surface area contributed by atoms with Gasteiger partial charge in [0, 0.05) is 11.8 Å². The maximum atomic E-state index is 10.1. The summed E-state index contributed by atoms with van der Waals surface area (Å²) < 4.78 is 0. The highest BCUT2D eigenvalue weighted by Crippen LogP contribution is 2.07. The van der Waals surface area contributed by atoms with E-state index >= 15 is 0 Å². The minimum atomic E-state index is 0.516. The largest absolute Gasteiger partial charge is 0.303 e. The Labute approximate surface area is 74.6 Å². The van der Waals surface area contributed by atoms with E-state index in [2.05, 4.69) is 15.9 Å². The van der Waals surface area contributed by atoms with Gasteiger partial charge in [-0.15, -0.1) is 0 Å². The normalized spacial score (nSPS) is 9.55. The van der Waals surface area contributed by atoms with E-state index in [9.17, 15) is 4.79 Å². The maximum absolute atomic E-state index is 10.1. The van der Waals surface area contributed by atoms with Crippen LogP contribution in [0.3, 0.4) is 0 Å². The van der Waals surface area contributed by atoms with Crippen LogP contribution >= 0.6 is 15.9 Å². The van der Waals surface area contributed by atoms with Crippen LogP contribution in [0.25, 0.3) is 0 Å². The van der Waals surface area contributed by atoms with E-state index in [0.29, 0.717) is 6.42 Å². The Morgan fingerprint density at radius 1 is 1.18 bits per heavy atom. The van der Waals surface area contributed by atoms with Crippen molar-refractivity contribution in [2.75, 3.05) is 0 Å². The molecule has 1 nitrogen and oxygen atoms in total. The molecule has 0 aromatic heterocycles. The molecule has 0 bridgehead atoms. The smallest absolute Gasteiger partial charge is 0.124 e. The molecule has 1 aromatic carbocycles. The molecule has 1 aromatic rings. The van der Waals surface area contributed by atoms with Crippen LogP contribution in [0.2, 0.25) is 0 Å². The molecule has 11 heavy (non-hydrogen) atoms. The number of benzene rings is 1. The third kappa shape index (κ3) is 2.46. The Morgan fingerprint density at radius 2 is 1.73 bits per heavy atom. The minimum Gasteiger partial charge on any atom is -0.303 e. The molecule has 0 heterocycles. The van der Waals surface area contributed by atoms with Crippen molar-refractivity contribution in [3.8, 4) is 0 Å². The highest BCUT2D eigenvalue weighted by Gasteiger charge is 1.91. The summed E-state index contributed by atoms with van der Waals surface area (Å²) >= 11 is 3.35. The van der Waals surface area contributed by atoms with Crippen LogP contribution in [-0.4, -0.2) is 6.29 Å². The predicted octanol–water partition coefficient (Wildman–Crippen LogP) is 2.32. The first-order valence-electron chi connectivity index (χ1n) is 3.44. The van der Waals surface area contributed by atoms with Crippen LogP contribution in [0.1, 0.15) is 11.1 Å². The van der Waals surface area contributed by atoms with Crippen molar-refractivity contribution in [1.82, 2.24) is 0 Å². The molecule has 2 heteroatoms. The lowest BCUT2D eigenvalue weighted by atomic mass is 10.1. The summed E-state index contributed by atoms with van der Waals surface area (Å²) in [7, 11) is 0. The van der Waals surface area contributed by atoms with Crippen LogP contribution in [0.4, 0.5) is 0 Å². The Morgan fingerprint density at radius 3 is 2.18 bits per heavy atom. The Kier molecular flexibility index (Phi) is 3.30. The van der Waals surface area contributed by atoms with Crippen molar-refractivity contribution < 1.29 is 4.79 Å². The molecule has 0 radical (unpaired) electrons. The highest BCUT2D eigenvalue weighted by atomic mass is 79.9. The third-order valence-electron chi connectivity index (χ3n) is 1.50. The predicted molar refractivity (Wildman–Crippen MR) is 48.8 cm³/mol. The second kappa shape index (κ2) is 4.29. The first kappa shape index (κ1) is 8.47. The molecular formula is C9H9BrO. The number of rotatable bonds is 3. The van der Waals surface area contributed by atoms with Crippen LogP contribution in [0.5, 0.6) is 0 Å². The van der Waals surface area contributed by atoms with Crippen LogP contribution < -0.4 is 0 Å². The maximum Gasteiger partial charge on any atom is 0.124 e. The van der Waals surface area contributed by atoms with Crippen LogP contribution in [-0.2, 0) is 16.5 Å². The lowest BCUT2D eigenvalue weighted by molar-refractivity contribution is -0.107. The summed E-state index contributed by atoms with van der Waals surface area (Å²) in [5, 5.41) is 0.869. The molecule has 0 fully saturated rings. The van der Waals surface area contributed by atoms with Crippen molar-refractivity contribution in [2.24, 2.45) is 0 Å². The van der Waals surface area contributed by atoms with Gasteiger partial charge in [0.25, 0.3) is 0 Å². The van der Waals surface area contributed by atoms with E-state index < -0.39 is 0 Å². The quantitative estimate of drug-likeness (QED) is 0.556. The molecule has 0 aliphatic heterocycles. The van der Waals surface area contributed by atoms with Gasteiger partial charge < -0.3 is 4.79 Å². The zero-order valence-corrected chi connectivity index (χ0v) is 7.67. The third-order valence-corrected chi connectivity index (χ3v) is 2.14. The van der Waals surface area contributed by atoms with Crippen LogP contribution in [0, 0.1) is 0 Å². The first-order chi connectivity index (χ1) is 5.36. The van der Waals surface area contributed by atoms with Crippen molar-refractivity contribution in [1.29, 1.82) is 0 Å². The van der Waals surface area contributed by atoms with Crippen molar-refractivity contribution in [3.63, 3.8) is 0 Å². The van der Waals surface area contributed by atoms with Gasteiger partial charge in [-0.05, 0) is 11.1 Å². The number of aldehydes is 1. The molecule has 0 aliphatic rings. The number of hydrogen-bond acceptors (Lipinski definition) is 1. The molecule has 0 spiro atoms. The number of halogens is 1. The van der Waals surface area contributed by atoms with Crippen LogP contribution in [0.15, 0.2) is 24.3 Å². The Hall–Kier alpha value is -0.630. The SMILES string of the molecule is O=CCc1ccc(CBr)cc1. The summed E-state index contributed by atoms with van der Waals surface area (Å²) in [5.74, 6) is 0. The van der Waals surface area contributed by atoms with E-state index in [-0.39, 0.29) is 0 Å². The van der Waals surface area contributed by atoms with Gasteiger partial charge in [0.05, 0.1) is 0 Å². The molecule has 0 saturated carbocycles. The highest BCUT2D eigenvalue weighted by molar-refractivity contribution is 9.08. The summed E-state index contributed by atoms with van der Waals surface area (Å²) in [5.41, 5.74) is 2.31. The lowest BCUT2D eigenvalue weighted by Crippen LogP contribution is -1.85. The number of carbonyl (C=O) groups is 1. The minimum absolute atomic E-state index is 0.516. The number of carbonyl (C=O) groups excluding carboxylic acids is 1. The van der Waals surface area contributed by atoms with Gasteiger partial charge in [0.2, 0.25) is 0 Å². The van der Waals surface area contributed by atoms with Crippen molar-refractivity contribution in [2.45, 2.75) is 11.8 Å². The van der Waals surface area contributed by atoms with Gasteiger partial charge in [-0.1, -0.05) is 40.2 Å². The molecular weight excluding hydrogens is 204 g/mol. The van der Waals surface area contributed by atoms with E-state index in [0.717, 1.165) is 17.2 Å². The fourth-order valence-electron chi connectivity index (χ4n) is 0.861. The number of hydrogen-bond donors (Lipinski definition) is 0. The summed E-state index contributed by atoms with van der Waals surface area (Å²) in [4.78, 5) is 10.1. The molecule has 58 valence electrons. The first-order valence-corrected chi connectivity index (χ1v) is 4.56. The Bertz CT molecular complexity index is 228. The van der Waals surface area contributed by atoms with Gasteiger partial charge in [0.1, 0.15) is 6.29 Å². The number of alkyl halides is 1. The molecule has 1 rings (SSSR count). The zero-order valence-electron chi connectivity index (χ0n) is 6.09. The molecule has 0 unspecified atom stereocenters. The van der Waals surface area contributed by atoms with Crippen molar-refractivity contribution >= 4 is 22.2 Å². The lowest BCUT2D eigenvalue weighted by Gasteiger charge is -1.96. The topological polar surface area (TPSA) is 17.1 Å². The standard InChI is InChI=1S/C9H9BrO/c10-7-9-3-1-8(2-4-9)5-6-11/h1-4,6H,5,7H2. The second-order valence-corrected chi connectivity index (χ2v) is 2.88. The van der Waals surface area contributed by atoms with Gasteiger partial charge in [0.15, 0.2) is 0 Å². The molecule has 0 saturated heterocycles. The summed E-state index contributed by atoms with van der Waals surface area (Å²) in [6.07, 6.45) is 1.44. The van der Waals surface area contributed by atoms with Crippen molar-refractivity contribution in [3.05, 3.63) is 35.4 Å². The zero-order chi connectivity index (χ0) is 8.10. The average Bonchev–Trinajstić information content (AvgIpc) is 2.07. The van der Waals surface area contributed by atoms with E-state index in [1.807, 2.05) is 24.3 Å². The van der Waals surface area contributed by atoms with Gasteiger partial charge in [-0.25, -0.2) is 0 Å². The second-order valence-electron chi connectivity index (χ2n) is 2.32. The molecule has 0 atom stereocenters. The fraction of sp³-hybridized carbons (Fsp3) is 0.222. The van der Waals surface area contributed by atoms with E-state index in [1.54, 1.807) is 0 Å². The summed E-state index contributed by atoms with van der Waals surface area (Å²) in [6, 6.07) is 8.00. The molecule has 0 aliphatic carbocycles. The van der Waals surface area contributed by atoms with Gasteiger partial charge in [-0.3, -0.25) is 0 Å². The fourth-order valence-corrected chi connectivity index (χ4v) is 1.23. The molecule has 0 N–H and O–H groups in total. The average molecular weight is 213 g/mol. The van der Waals surface area contributed by atoms with Gasteiger partial charge in [-0.2, -0.15) is 0 Å².